The summed E-state index contributed by atoms with van der Waals surface area (Å²) in [6.07, 6.45) is 2.13. The Morgan fingerprint density at radius 3 is 2.76 bits per heavy atom. The Labute approximate surface area is 198 Å². The number of anilines is 1. The lowest BCUT2D eigenvalue weighted by atomic mass is 10.1. The van der Waals surface area contributed by atoms with Gasteiger partial charge in [-0.05, 0) is 53.0 Å². The molecule has 0 radical (unpaired) electrons. The third-order valence-corrected chi connectivity index (χ3v) is 5.76. The second-order valence-electron chi connectivity index (χ2n) is 7.47. The van der Waals surface area contributed by atoms with E-state index in [9.17, 15) is 14.7 Å². The number of esters is 1. The predicted molar refractivity (Wildman–Crippen MR) is 130 cm³/mol. The number of nitrogens with zero attached hydrogens (tertiary/aromatic N) is 1. The third kappa shape index (κ3) is 4.99. The van der Waals surface area contributed by atoms with Gasteiger partial charge in [-0.3, -0.25) is 4.79 Å². The molecular weight excluding hydrogens is 488 g/mol. The number of aliphatic hydroxyl groups is 1. The standard InChI is InChI=1S/C24H23BrN4O4/c1-2-33-24(32)15-11-17(25)21-19(12-15)28-22(29-21)20-18(8-9-26-23(20)31)27-16(13-30)10-14-6-4-3-5-7-14/h3-9,11-12,16,30H,2,10,13H2,1H3,(H,28,29)(H2,26,27,31). The number of aromatic nitrogens is 3. The van der Waals surface area contributed by atoms with Crippen LogP contribution >= 0.6 is 15.9 Å². The Balaban J connectivity index is 1.71. The van der Waals surface area contributed by atoms with Crippen LogP contribution in [0.2, 0.25) is 0 Å². The number of halogens is 1. The van der Waals surface area contributed by atoms with Gasteiger partial charge < -0.3 is 25.1 Å². The number of carbonyl (C=O) groups excluding carboxylic acids is 1. The molecule has 2 aromatic heterocycles. The van der Waals surface area contributed by atoms with Crippen molar-refractivity contribution in [2.24, 2.45) is 0 Å². The van der Waals surface area contributed by atoms with Crippen LogP contribution in [0.3, 0.4) is 0 Å². The highest BCUT2D eigenvalue weighted by Crippen LogP contribution is 2.30. The minimum Gasteiger partial charge on any atom is -0.462 e. The molecule has 0 aliphatic heterocycles. The smallest absolute Gasteiger partial charge is 0.338 e. The number of nitrogens with one attached hydrogen (secondary N) is 3. The Morgan fingerprint density at radius 1 is 1.24 bits per heavy atom. The molecule has 4 rings (SSSR count). The van der Waals surface area contributed by atoms with Gasteiger partial charge in [-0.1, -0.05) is 30.3 Å². The van der Waals surface area contributed by atoms with Crippen molar-refractivity contribution in [3.8, 4) is 11.4 Å². The highest BCUT2D eigenvalue weighted by molar-refractivity contribution is 9.10. The van der Waals surface area contributed by atoms with Gasteiger partial charge in [0.05, 0.1) is 36.0 Å². The summed E-state index contributed by atoms with van der Waals surface area (Å²) in [5.74, 6) is -0.102. The lowest BCUT2D eigenvalue weighted by Gasteiger charge is -2.19. The SMILES string of the molecule is CCOC(=O)c1cc(Br)c2nc(-c3c(NC(CO)Cc4ccccc4)cc[nH]c3=O)[nH]c2c1. The number of aliphatic hydroxyl groups excluding tert-OH is 1. The molecule has 9 heteroatoms. The first-order chi connectivity index (χ1) is 16.0. The Morgan fingerprint density at radius 2 is 2.03 bits per heavy atom. The fraction of sp³-hybridized carbons (Fsp3) is 0.208. The molecular formula is C24H23BrN4O4. The van der Waals surface area contributed by atoms with E-state index in [1.807, 2.05) is 30.3 Å². The molecule has 0 aliphatic carbocycles. The van der Waals surface area contributed by atoms with Crippen LogP contribution in [0.15, 0.2) is 64.0 Å². The normalized spacial score (nSPS) is 12.0. The number of hydrogen-bond acceptors (Lipinski definition) is 6. The summed E-state index contributed by atoms with van der Waals surface area (Å²) < 4.78 is 5.69. The molecule has 170 valence electrons. The Kier molecular flexibility index (Phi) is 6.90. The van der Waals surface area contributed by atoms with Gasteiger partial charge in [0.2, 0.25) is 0 Å². The van der Waals surface area contributed by atoms with Crippen molar-refractivity contribution < 1.29 is 14.6 Å². The van der Waals surface area contributed by atoms with Gasteiger partial charge in [0.15, 0.2) is 0 Å². The van der Waals surface area contributed by atoms with Crippen molar-refractivity contribution in [3.05, 3.63) is 80.7 Å². The molecule has 4 aromatic rings. The summed E-state index contributed by atoms with van der Waals surface area (Å²) in [4.78, 5) is 35.4. The van der Waals surface area contributed by atoms with Crippen molar-refractivity contribution in [2.45, 2.75) is 19.4 Å². The van der Waals surface area contributed by atoms with E-state index in [1.54, 1.807) is 31.3 Å². The van der Waals surface area contributed by atoms with Crippen LogP contribution in [-0.4, -0.2) is 45.3 Å². The minimum atomic E-state index is -0.442. The molecule has 8 nitrogen and oxygen atoms in total. The summed E-state index contributed by atoms with van der Waals surface area (Å²) in [6.45, 7) is 1.90. The van der Waals surface area contributed by atoms with Crippen LogP contribution in [0.5, 0.6) is 0 Å². The molecule has 0 amide bonds. The monoisotopic (exact) mass is 510 g/mol. The van der Waals surface area contributed by atoms with Crippen molar-refractivity contribution in [2.75, 3.05) is 18.5 Å². The third-order valence-electron chi connectivity index (χ3n) is 5.15. The molecule has 1 unspecified atom stereocenters. The Hall–Kier alpha value is -3.43. The van der Waals surface area contributed by atoms with Crippen molar-refractivity contribution in [1.82, 2.24) is 15.0 Å². The molecule has 0 aliphatic rings. The number of benzene rings is 2. The second kappa shape index (κ2) is 10.0. The van der Waals surface area contributed by atoms with Crippen LogP contribution in [0.4, 0.5) is 5.69 Å². The maximum Gasteiger partial charge on any atom is 0.338 e. The van der Waals surface area contributed by atoms with Gasteiger partial charge in [-0.25, -0.2) is 9.78 Å². The quantitative estimate of drug-likeness (QED) is 0.267. The van der Waals surface area contributed by atoms with Crippen LogP contribution < -0.4 is 10.9 Å². The second-order valence-corrected chi connectivity index (χ2v) is 8.32. The van der Waals surface area contributed by atoms with Crippen LogP contribution in [-0.2, 0) is 11.2 Å². The minimum absolute atomic E-state index is 0.115. The summed E-state index contributed by atoms with van der Waals surface area (Å²) in [7, 11) is 0. The van der Waals surface area contributed by atoms with Gasteiger partial charge in [0.1, 0.15) is 16.9 Å². The van der Waals surface area contributed by atoms with E-state index in [-0.39, 0.29) is 24.8 Å². The Bertz CT molecular complexity index is 1330. The van der Waals surface area contributed by atoms with Crippen LogP contribution in [0.25, 0.3) is 22.4 Å². The van der Waals surface area contributed by atoms with Crippen molar-refractivity contribution in [1.29, 1.82) is 0 Å². The number of ether oxygens (including phenoxy) is 1. The lowest BCUT2D eigenvalue weighted by Crippen LogP contribution is -2.28. The van der Waals surface area contributed by atoms with Crippen molar-refractivity contribution in [3.63, 3.8) is 0 Å². The maximum atomic E-state index is 12.8. The number of aromatic amines is 2. The van der Waals surface area contributed by atoms with E-state index in [0.29, 0.717) is 44.6 Å². The number of pyridine rings is 1. The highest BCUT2D eigenvalue weighted by Gasteiger charge is 2.19. The van der Waals surface area contributed by atoms with E-state index in [2.05, 4.69) is 36.2 Å². The fourth-order valence-electron chi connectivity index (χ4n) is 3.64. The topological polar surface area (TPSA) is 120 Å². The molecule has 0 fully saturated rings. The zero-order chi connectivity index (χ0) is 23.4. The predicted octanol–water partition coefficient (Wildman–Crippen LogP) is 3.87. The van der Waals surface area contributed by atoms with Crippen LogP contribution in [0, 0.1) is 0 Å². The van der Waals surface area contributed by atoms with E-state index in [4.69, 9.17) is 4.74 Å². The van der Waals surface area contributed by atoms with E-state index < -0.39 is 5.97 Å². The number of imidazole rings is 1. The molecule has 0 saturated heterocycles. The first-order valence-electron chi connectivity index (χ1n) is 10.5. The first-order valence-corrected chi connectivity index (χ1v) is 11.3. The molecule has 2 heterocycles. The average molecular weight is 511 g/mol. The van der Waals surface area contributed by atoms with Gasteiger partial charge in [-0.2, -0.15) is 0 Å². The van der Waals surface area contributed by atoms with Gasteiger partial charge in [0.25, 0.3) is 5.56 Å². The fourth-order valence-corrected chi connectivity index (χ4v) is 4.19. The largest absolute Gasteiger partial charge is 0.462 e. The van der Waals surface area contributed by atoms with E-state index in [0.717, 1.165) is 5.56 Å². The highest BCUT2D eigenvalue weighted by atomic mass is 79.9. The molecule has 0 bridgehead atoms. The molecule has 1 atom stereocenters. The zero-order valence-electron chi connectivity index (χ0n) is 17.9. The summed E-state index contributed by atoms with van der Waals surface area (Å²) in [5.41, 5.74) is 3.11. The number of H-pyrrole nitrogens is 2. The molecule has 33 heavy (non-hydrogen) atoms. The number of hydrogen-bond donors (Lipinski definition) is 4. The number of carbonyl (C=O) groups is 1. The zero-order valence-corrected chi connectivity index (χ0v) is 19.5. The van der Waals surface area contributed by atoms with Crippen molar-refractivity contribution >= 4 is 38.6 Å². The van der Waals surface area contributed by atoms with Gasteiger partial charge in [0, 0.05) is 10.7 Å². The van der Waals surface area contributed by atoms with E-state index >= 15 is 0 Å². The summed E-state index contributed by atoms with van der Waals surface area (Å²) >= 11 is 3.45. The van der Waals surface area contributed by atoms with Gasteiger partial charge >= 0.3 is 5.97 Å². The van der Waals surface area contributed by atoms with Crippen LogP contribution in [0.1, 0.15) is 22.8 Å². The van der Waals surface area contributed by atoms with E-state index in [1.165, 1.54) is 0 Å². The maximum absolute atomic E-state index is 12.8. The molecule has 0 saturated carbocycles. The average Bonchev–Trinajstić information content (AvgIpc) is 3.24. The summed E-state index contributed by atoms with van der Waals surface area (Å²) in [5, 5.41) is 13.2. The number of rotatable bonds is 8. The van der Waals surface area contributed by atoms with Gasteiger partial charge in [-0.15, -0.1) is 0 Å². The molecule has 4 N–H and O–H groups in total. The first kappa shape index (κ1) is 22.8. The molecule has 0 spiro atoms. The number of fused-ring (bicyclic) bond motifs is 1. The lowest BCUT2D eigenvalue weighted by molar-refractivity contribution is 0.0526. The molecule has 2 aromatic carbocycles. The summed E-state index contributed by atoms with van der Waals surface area (Å²) in [6, 6.07) is 14.5.